The summed E-state index contributed by atoms with van der Waals surface area (Å²) in [6.07, 6.45) is 2.78. The maximum Gasteiger partial charge on any atom is 0.168 e. The van der Waals surface area contributed by atoms with E-state index in [4.69, 9.17) is 0 Å². The first kappa shape index (κ1) is 12.5. The van der Waals surface area contributed by atoms with E-state index >= 15 is 0 Å². The summed E-state index contributed by atoms with van der Waals surface area (Å²) in [5, 5.41) is 2.86. The minimum Gasteiger partial charge on any atom is -0.368 e. The third kappa shape index (κ3) is 3.52. The Morgan fingerprint density at radius 1 is 1.11 bits per heavy atom. The SMILES string of the molecule is Fc1cnc(NCCCc2ccccc2)c(F)c1. The molecule has 0 spiro atoms. The number of pyridine rings is 1. The van der Waals surface area contributed by atoms with Crippen LogP contribution in [0.3, 0.4) is 0 Å². The fourth-order valence-corrected chi connectivity index (χ4v) is 1.69. The van der Waals surface area contributed by atoms with Gasteiger partial charge in [0.1, 0.15) is 5.82 Å². The summed E-state index contributed by atoms with van der Waals surface area (Å²) in [7, 11) is 0. The summed E-state index contributed by atoms with van der Waals surface area (Å²) in [5.74, 6) is -1.22. The molecule has 0 saturated heterocycles. The normalized spacial score (nSPS) is 10.3. The van der Waals surface area contributed by atoms with E-state index in [2.05, 4.69) is 22.4 Å². The molecule has 0 aliphatic rings. The summed E-state index contributed by atoms with van der Waals surface area (Å²) in [6.45, 7) is 0.602. The van der Waals surface area contributed by atoms with E-state index < -0.39 is 11.6 Å². The van der Waals surface area contributed by atoms with E-state index in [1.165, 1.54) is 5.56 Å². The molecular formula is C14H14F2N2. The van der Waals surface area contributed by atoms with Crippen molar-refractivity contribution in [2.45, 2.75) is 12.8 Å². The summed E-state index contributed by atoms with van der Waals surface area (Å²) in [5.41, 5.74) is 1.24. The molecule has 94 valence electrons. The molecule has 1 aromatic carbocycles. The van der Waals surface area contributed by atoms with Gasteiger partial charge in [0.25, 0.3) is 0 Å². The first-order valence-corrected chi connectivity index (χ1v) is 5.84. The number of nitrogens with zero attached hydrogens (tertiary/aromatic N) is 1. The van der Waals surface area contributed by atoms with Gasteiger partial charge in [-0.3, -0.25) is 0 Å². The molecule has 2 aromatic rings. The Labute approximate surface area is 105 Å². The second-order valence-corrected chi connectivity index (χ2v) is 4.00. The standard InChI is InChI=1S/C14H14F2N2/c15-12-9-13(16)14(18-10-12)17-8-4-7-11-5-2-1-3-6-11/h1-3,5-6,9-10H,4,7-8H2,(H,17,18). The van der Waals surface area contributed by atoms with E-state index in [-0.39, 0.29) is 5.82 Å². The number of halogens is 2. The van der Waals surface area contributed by atoms with Gasteiger partial charge in [-0.25, -0.2) is 13.8 Å². The van der Waals surface area contributed by atoms with Crippen LogP contribution in [0.15, 0.2) is 42.6 Å². The molecule has 1 heterocycles. The number of hydrogen-bond donors (Lipinski definition) is 1. The lowest BCUT2D eigenvalue weighted by Gasteiger charge is -2.06. The van der Waals surface area contributed by atoms with Crippen LogP contribution < -0.4 is 5.32 Å². The third-order valence-electron chi connectivity index (χ3n) is 2.59. The molecule has 0 aliphatic carbocycles. The average molecular weight is 248 g/mol. The molecule has 0 saturated carbocycles. The van der Waals surface area contributed by atoms with Crippen molar-refractivity contribution in [2.24, 2.45) is 0 Å². The van der Waals surface area contributed by atoms with Crippen LogP contribution in [0.2, 0.25) is 0 Å². The van der Waals surface area contributed by atoms with Crippen LogP contribution >= 0.6 is 0 Å². The van der Waals surface area contributed by atoms with Crippen LogP contribution in [0.5, 0.6) is 0 Å². The zero-order valence-electron chi connectivity index (χ0n) is 9.87. The van der Waals surface area contributed by atoms with E-state index in [1.807, 2.05) is 18.2 Å². The molecule has 1 aromatic heterocycles. The van der Waals surface area contributed by atoms with Crippen molar-refractivity contribution in [3.8, 4) is 0 Å². The molecule has 2 nitrogen and oxygen atoms in total. The highest BCUT2D eigenvalue weighted by atomic mass is 19.1. The highest BCUT2D eigenvalue weighted by Gasteiger charge is 2.04. The first-order chi connectivity index (χ1) is 8.75. The predicted octanol–water partition coefficient (Wildman–Crippen LogP) is 3.40. The highest BCUT2D eigenvalue weighted by Crippen LogP contribution is 2.11. The fraction of sp³-hybridized carbons (Fsp3) is 0.214. The highest BCUT2D eigenvalue weighted by molar-refractivity contribution is 5.35. The van der Waals surface area contributed by atoms with Gasteiger partial charge in [0, 0.05) is 12.6 Å². The van der Waals surface area contributed by atoms with Crippen LogP contribution in [0.1, 0.15) is 12.0 Å². The van der Waals surface area contributed by atoms with Gasteiger partial charge < -0.3 is 5.32 Å². The van der Waals surface area contributed by atoms with Crippen molar-refractivity contribution in [2.75, 3.05) is 11.9 Å². The Balaban J connectivity index is 1.79. The Morgan fingerprint density at radius 2 is 1.89 bits per heavy atom. The molecule has 0 fully saturated rings. The van der Waals surface area contributed by atoms with Crippen molar-refractivity contribution in [3.05, 3.63) is 59.8 Å². The molecule has 1 N–H and O–H groups in total. The summed E-state index contributed by atoms with van der Waals surface area (Å²) in [6, 6.07) is 10.9. The summed E-state index contributed by atoms with van der Waals surface area (Å²) in [4.78, 5) is 3.66. The zero-order chi connectivity index (χ0) is 12.8. The summed E-state index contributed by atoms with van der Waals surface area (Å²) < 4.78 is 25.9. The zero-order valence-corrected chi connectivity index (χ0v) is 9.87. The minimum absolute atomic E-state index is 0.101. The minimum atomic E-state index is -0.665. The van der Waals surface area contributed by atoms with Crippen molar-refractivity contribution >= 4 is 5.82 Å². The van der Waals surface area contributed by atoms with Crippen LogP contribution in [-0.2, 0) is 6.42 Å². The van der Waals surface area contributed by atoms with Crippen molar-refractivity contribution in [3.63, 3.8) is 0 Å². The largest absolute Gasteiger partial charge is 0.368 e. The molecule has 18 heavy (non-hydrogen) atoms. The molecule has 4 heteroatoms. The Bertz CT molecular complexity index is 500. The lowest BCUT2D eigenvalue weighted by atomic mass is 10.1. The Hall–Kier alpha value is -1.97. The molecule has 0 bridgehead atoms. The average Bonchev–Trinajstić information content (AvgIpc) is 2.38. The number of nitrogens with one attached hydrogen (secondary N) is 1. The maximum atomic E-state index is 13.2. The molecular weight excluding hydrogens is 234 g/mol. The Morgan fingerprint density at radius 3 is 2.61 bits per heavy atom. The quantitative estimate of drug-likeness (QED) is 0.820. The van der Waals surface area contributed by atoms with E-state index in [9.17, 15) is 8.78 Å². The second-order valence-electron chi connectivity index (χ2n) is 4.00. The van der Waals surface area contributed by atoms with E-state index in [0.29, 0.717) is 6.54 Å². The van der Waals surface area contributed by atoms with Crippen LogP contribution in [0.4, 0.5) is 14.6 Å². The van der Waals surface area contributed by atoms with E-state index in [0.717, 1.165) is 25.1 Å². The third-order valence-corrected chi connectivity index (χ3v) is 2.59. The van der Waals surface area contributed by atoms with Crippen molar-refractivity contribution in [1.82, 2.24) is 4.98 Å². The van der Waals surface area contributed by atoms with Crippen molar-refractivity contribution in [1.29, 1.82) is 0 Å². The number of aromatic nitrogens is 1. The molecule has 0 aliphatic heterocycles. The van der Waals surface area contributed by atoms with Gasteiger partial charge in [-0.2, -0.15) is 0 Å². The van der Waals surface area contributed by atoms with Crippen LogP contribution in [0.25, 0.3) is 0 Å². The molecule has 0 amide bonds. The molecule has 0 atom stereocenters. The number of aryl methyl sites for hydroxylation is 1. The smallest absolute Gasteiger partial charge is 0.168 e. The first-order valence-electron chi connectivity index (χ1n) is 5.84. The molecule has 0 radical (unpaired) electrons. The number of benzene rings is 1. The molecule has 0 unspecified atom stereocenters. The molecule has 2 rings (SSSR count). The topological polar surface area (TPSA) is 24.9 Å². The Kier molecular flexibility index (Phi) is 4.23. The summed E-state index contributed by atoms with van der Waals surface area (Å²) >= 11 is 0. The fourth-order valence-electron chi connectivity index (χ4n) is 1.69. The van der Waals surface area contributed by atoms with Gasteiger partial charge in [-0.15, -0.1) is 0 Å². The van der Waals surface area contributed by atoms with Gasteiger partial charge >= 0.3 is 0 Å². The lowest BCUT2D eigenvalue weighted by molar-refractivity contribution is 0.575. The van der Waals surface area contributed by atoms with Crippen molar-refractivity contribution < 1.29 is 8.78 Å². The van der Waals surface area contributed by atoms with Gasteiger partial charge in [-0.05, 0) is 18.4 Å². The van der Waals surface area contributed by atoms with Gasteiger partial charge in [0.05, 0.1) is 6.20 Å². The monoisotopic (exact) mass is 248 g/mol. The van der Waals surface area contributed by atoms with Crippen LogP contribution in [-0.4, -0.2) is 11.5 Å². The lowest BCUT2D eigenvalue weighted by Crippen LogP contribution is -2.06. The number of rotatable bonds is 5. The predicted molar refractivity (Wildman–Crippen MR) is 67.4 cm³/mol. The van der Waals surface area contributed by atoms with Gasteiger partial charge in [-0.1, -0.05) is 30.3 Å². The van der Waals surface area contributed by atoms with Gasteiger partial charge in [0.2, 0.25) is 0 Å². The van der Waals surface area contributed by atoms with Gasteiger partial charge in [0.15, 0.2) is 11.6 Å². The number of hydrogen-bond acceptors (Lipinski definition) is 2. The van der Waals surface area contributed by atoms with Crippen LogP contribution in [0, 0.1) is 11.6 Å². The maximum absolute atomic E-state index is 13.2. The second kappa shape index (κ2) is 6.10. The van der Waals surface area contributed by atoms with E-state index in [1.54, 1.807) is 0 Å². The number of anilines is 1.